The van der Waals surface area contributed by atoms with Crippen LogP contribution in [0.5, 0.6) is 5.75 Å². The van der Waals surface area contributed by atoms with Gasteiger partial charge in [0.1, 0.15) is 5.75 Å². The van der Waals surface area contributed by atoms with Gasteiger partial charge >= 0.3 is 0 Å². The first-order chi connectivity index (χ1) is 12.6. The van der Waals surface area contributed by atoms with Crippen molar-refractivity contribution in [1.29, 1.82) is 0 Å². The molecule has 1 amide bonds. The van der Waals surface area contributed by atoms with Crippen LogP contribution in [0.3, 0.4) is 0 Å². The van der Waals surface area contributed by atoms with Gasteiger partial charge in [-0.15, -0.1) is 0 Å². The quantitative estimate of drug-likeness (QED) is 0.722. The first-order valence-electron chi connectivity index (χ1n) is 8.70. The molecule has 4 nitrogen and oxygen atoms in total. The fourth-order valence-electron chi connectivity index (χ4n) is 2.95. The molecule has 26 heavy (non-hydrogen) atoms. The van der Waals surface area contributed by atoms with Crippen LogP contribution in [0.2, 0.25) is 0 Å². The lowest BCUT2D eigenvalue weighted by Crippen LogP contribution is -2.39. The van der Waals surface area contributed by atoms with Crippen molar-refractivity contribution in [1.82, 2.24) is 4.90 Å². The summed E-state index contributed by atoms with van der Waals surface area (Å²) in [6, 6.07) is 21.9. The summed E-state index contributed by atoms with van der Waals surface area (Å²) in [5.74, 6) is 0.600. The van der Waals surface area contributed by atoms with Crippen molar-refractivity contribution < 1.29 is 9.53 Å². The zero-order valence-electron chi connectivity index (χ0n) is 15.4. The van der Waals surface area contributed by atoms with E-state index in [0.29, 0.717) is 18.0 Å². The minimum Gasteiger partial charge on any atom is -0.495 e. The van der Waals surface area contributed by atoms with Gasteiger partial charge in [-0.3, -0.25) is 9.69 Å². The number of benzene rings is 3. The molecule has 3 rings (SSSR count). The Morgan fingerprint density at radius 3 is 2.50 bits per heavy atom. The summed E-state index contributed by atoms with van der Waals surface area (Å²) in [7, 11) is 3.56. The van der Waals surface area contributed by atoms with Crippen LogP contribution in [0.1, 0.15) is 12.5 Å². The van der Waals surface area contributed by atoms with Crippen LogP contribution >= 0.6 is 0 Å². The summed E-state index contributed by atoms with van der Waals surface area (Å²) in [6.45, 7) is 2.61. The number of nitrogens with zero attached hydrogens (tertiary/aromatic N) is 1. The highest BCUT2D eigenvalue weighted by atomic mass is 16.5. The Labute approximate surface area is 154 Å². The van der Waals surface area contributed by atoms with E-state index >= 15 is 0 Å². The molecule has 0 saturated carbocycles. The molecular weight excluding hydrogens is 324 g/mol. The van der Waals surface area contributed by atoms with Crippen LogP contribution < -0.4 is 10.1 Å². The number of hydrogen-bond donors (Lipinski definition) is 1. The third-order valence-corrected chi connectivity index (χ3v) is 4.65. The Morgan fingerprint density at radius 2 is 1.73 bits per heavy atom. The maximum atomic E-state index is 12.6. The van der Waals surface area contributed by atoms with Gasteiger partial charge in [0.25, 0.3) is 0 Å². The number of nitrogens with one attached hydrogen (secondary N) is 1. The third kappa shape index (κ3) is 4.03. The standard InChI is InChI=1S/C22H24N2O2/c1-16(22(25)23-20-10-6-7-11-21(20)26-3)24(2)15-17-12-13-18-8-4-5-9-19(18)14-17/h4-14,16H,15H2,1-3H3,(H,23,25). The van der Waals surface area contributed by atoms with Crippen molar-refractivity contribution in [3.05, 3.63) is 72.3 Å². The van der Waals surface area contributed by atoms with Gasteiger partial charge in [-0.1, -0.05) is 48.5 Å². The number of hydrogen-bond acceptors (Lipinski definition) is 3. The van der Waals surface area contributed by atoms with E-state index < -0.39 is 0 Å². The van der Waals surface area contributed by atoms with Gasteiger partial charge in [-0.2, -0.15) is 0 Å². The summed E-state index contributed by atoms with van der Waals surface area (Å²) in [6.07, 6.45) is 0. The van der Waals surface area contributed by atoms with Gasteiger partial charge in [0, 0.05) is 6.54 Å². The summed E-state index contributed by atoms with van der Waals surface area (Å²) < 4.78 is 5.29. The van der Waals surface area contributed by atoms with E-state index in [2.05, 4.69) is 35.6 Å². The fourth-order valence-corrected chi connectivity index (χ4v) is 2.95. The molecule has 0 radical (unpaired) electrons. The molecule has 1 atom stereocenters. The van der Waals surface area contributed by atoms with Crippen molar-refractivity contribution in [2.24, 2.45) is 0 Å². The molecule has 0 fully saturated rings. The smallest absolute Gasteiger partial charge is 0.241 e. The first kappa shape index (κ1) is 18.0. The molecule has 0 aliphatic rings. The van der Waals surface area contributed by atoms with Crippen molar-refractivity contribution in [3.8, 4) is 5.75 Å². The van der Waals surface area contributed by atoms with Crippen molar-refractivity contribution in [2.75, 3.05) is 19.5 Å². The Balaban J connectivity index is 1.68. The number of carbonyl (C=O) groups is 1. The van der Waals surface area contributed by atoms with Crippen LogP contribution in [0, 0.1) is 0 Å². The summed E-state index contributed by atoms with van der Waals surface area (Å²) in [5, 5.41) is 5.39. The van der Waals surface area contributed by atoms with Crippen molar-refractivity contribution >= 4 is 22.4 Å². The first-order valence-corrected chi connectivity index (χ1v) is 8.70. The predicted molar refractivity (Wildman–Crippen MR) is 107 cm³/mol. The molecule has 0 bridgehead atoms. The minimum absolute atomic E-state index is 0.0576. The molecule has 4 heteroatoms. The molecule has 0 heterocycles. The second kappa shape index (κ2) is 8.02. The van der Waals surface area contributed by atoms with Gasteiger partial charge in [-0.05, 0) is 48.5 Å². The second-order valence-electron chi connectivity index (χ2n) is 6.46. The largest absolute Gasteiger partial charge is 0.495 e. The van der Waals surface area contributed by atoms with Crippen LogP contribution in [0.15, 0.2) is 66.7 Å². The highest BCUT2D eigenvalue weighted by Crippen LogP contribution is 2.23. The number of para-hydroxylation sites is 2. The Kier molecular flexibility index (Phi) is 5.54. The molecular formula is C22H24N2O2. The number of anilines is 1. The molecule has 0 aliphatic carbocycles. The molecule has 0 aliphatic heterocycles. The van der Waals surface area contributed by atoms with Gasteiger partial charge in [0.2, 0.25) is 5.91 Å². The Bertz CT molecular complexity index is 907. The highest BCUT2D eigenvalue weighted by molar-refractivity contribution is 5.95. The normalized spacial score (nSPS) is 12.2. The monoisotopic (exact) mass is 348 g/mol. The number of rotatable bonds is 6. The second-order valence-corrected chi connectivity index (χ2v) is 6.46. The maximum Gasteiger partial charge on any atom is 0.241 e. The van der Waals surface area contributed by atoms with Crippen LogP contribution in [0.25, 0.3) is 10.8 Å². The molecule has 0 saturated heterocycles. The van der Waals surface area contributed by atoms with Crippen molar-refractivity contribution in [3.63, 3.8) is 0 Å². The number of methoxy groups -OCH3 is 1. The molecule has 0 aromatic heterocycles. The van der Waals surface area contributed by atoms with E-state index in [9.17, 15) is 4.79 Å². The summed E-state index contributed by atoms with van der Waals surface area (Å²) >= 11 is 0. The number of carbonyl (C=O) groups excluding carboxylic acids is 1. The zero-order valence-corrected chi connectivity index (χ0v) is 15.4. The lowest BCUT2D eigenvalue weighted by molar-refractivity contribution is -0.120. The van der Waals surface area contributed by atoms with E-state index in [4.69, 9.17) is 4.74 Å². The number of ether oxygens (including phenoxy) is 1. The Hall–Kier alpha value is -2.85. The molecule has 3 aromatic rings. The number of likely N-dealkylation sites (N-methyl/N-ethyl adjacent to an activating group) is 1. The lowest BCUT2D eigenvalue weighted by Gasteiger charge is -2.24. The SMILES string of the molecule is COc1ccccc1NC(=O)C(C)N(C)Cc1ccc2ccccc2c1. The summed E-state index contributed by atoms with van der Waals surface area (Å²) in [5.41, 5.74) is 1.87. The maximum absolute atomic E-state index is 12.6. The van der Waals surface area contributed by atoms with Gasteiger partial charge in [0.05, 0.1) is 18.8 Å². The Morgan fingerprint density at radius 1 is 1.04 bits per heavy atom. The van der Waals surface area contributed by atoms with Gasteiger partial charge < -0.3 is 10.1 Å². The fraction of sp³-hybridized carbons (Fsp3) is 0.227. The summed E-state index contributed by atoms with van der Waals surface area (Å²) in [4.78, 5) is 14.7. The van der Waals surface area contributed by atoms with E-state index in [0.717, 1.165) is 0 Å². The van der Waals surface area contributed by atoms with E-state index in [1.165, 1.54) is 16.3 Å². The van der Waals surface area contributed by atoms with Gasteiger partial charge in [-0.25, -0.2) is 0 Å². The minimum atomic E-state index is -0.272. The van der Waals surface area contributed by atoms with Crippen molar-refractivity contribution in [2.45, 2.75) is 19.5 Å². The predicted octanol–water partition coefficient (Wildman–Crippen LogP) is 4.31. The van der Waals surface area contributed by atoms with Crippen LogP contribution in [0.4, 0.5) is 5.69 Å². The third-order valence-electron chi connectivity index (χ3n) is 4.65. The van der Waals surface area contributed by atoms with Crippen LogP contribution in [-0.4, -0.2) is 31.0 Å². The number of amides is 1. The van der Waals surface area contributed by atoms with E-state index in [-0.39, 0.29) is 11.9 Å². The van der Waals surface area contributed by atoms with E-state index in [1.807, 2.05) is 55.3 Å². The topological polar surface area (TPSA) is 41.6 Å². The molecule has 1 N–H and O–H groups in total. The molecule has 0 spiro atoms. The highest BCUT2D eigenvalue weighted by Gasteiger charge is 2.19. The molecule has 3 aromatic carbocycles. The average molecular weight is 348 g/mol. The lowest BCUT2D eigenvalue weighted by atomic mass is 10.1. The van der Waals surface area contributed by atoms with Crippen LogP contribution in [-0.2, 0) is 11.3 Å². The van der Waals surface area contributed by atoms with E-state index in [1.54, 1.807) is 7.11 Å². The average Bonchev–Trinajstić information content (AvgIpc) is 2.67. The molecule has 1 unspecified atom stereocenters. The zero-order chi connectivity index (χ0) is 18.5. The molecule has 134 valence electrons. The van der Waals surface area contributed by atoms with Gasteiger partial charge in [0.15, 0.2) is 0 Å². The number of fused-ring (bicyclic) bond motifs is 1.